The normalized spacial score (nSPS) is 10.3. The molecule has 1 aromatic rings. The highest BCUT2D eigenvalue weighted by Gasteiger charge is 2.18. The Hall–Kier alpha value is -1.65. The largest absolute Gasteiger partial charge is 0.364 e. The van der Waals surface area contributed by atoms with Gasteiger partial charge >= 0.3 is 5.69 Å². The van der Waals surface area contributed by atoms with Crippen LogP contribution in [-0.2, 0) is 0 Å². The third kappa shape index (κ3) is 3.69. The molecule has 5 heteroatoms. The Morgan fingerprint density at radius 1 is 1.41 bits per heavy atom. The number of hydrogen-bond donors (Lipinski definition) is 1. The summed E-state index contributed by atoms with van der Waals surface area (Å²) in [7, 11) is 0. The van der Waals surface area contributed by atoms with Gasteiger partial charge in [0.15, 0.2) is 0 Å². The highest BCUT2D eigenvalue weighted by Crippen LogP contribution is 2.26. The third-order valence-corrected chi connectivity index (χ3v) is 2.57. The van der Waals surface area contributed by atoms with Crippen molar-refractivity contribution in [1.82, 2.24) is 4.98 Å². The predicted molar refractivity (Wildman–Crippen MR) is 68.4 cm³/mol. The van der Waals surface area contributed by atoms with Crippen molar-refractivity contribution in [3.05, 3.63) is 27.4 Å². The number of unbranched alkanes of at least 4 members (excludes halogenated alkanes) is 2. The average molecular weight is 237 g/mol. The summed E-state index contributed by atoms with van der Waals surface area (Å²) in [4.78, 5) is 14.8. The molecule has 0 aromatic carbocycles. The molecule has 0 aliphatic carbocycles. The molecule has 1 heterocycles. The maximum atomic E-state index is 11.0. The molecule has 0 spiro atoms. The molecular weight excluding hydrogens is 218 g/mol. The molecule has 1 rings (SSSR count). The molecule has 0 aliphatic heterocycles. The molecule has 0 saturated heterocycles. The van der Waals surface area contributed by atoms with Gasteiger partial charge in [0.25, 0.3) is 0 Å². The van der Waals surface area contributed by atoms with Crippen LogP contribution in [0.5, 0.6) is 0 Å². The first-order chi connectivity index (χ1) is 8.06. The molecule has 94 valence electrons. The van der Waals surface area contributed by atoms with Gasteiger partial charge in [0.2, 0.25) is 5.82 Å². The Labute approximate surface area is 101 Å². The molecule has 0 atom stereocenters. The second-order valence-corrected chi connectivity index (χ2v) is 4.17. The van der Waals surface area contributed by atoms with Crippen molar-refractivity contribution < 1.29 is 4.92 Å². The number of anilines is 1. The molecule has 1 N–H and O–H groups in total. The molecule has 0 fully saturated rings. The van der Waals surface area contributed by atoms with Crippen LogP contribution in [0.3, 0.4) is 0 Å². The van der Waals surface area contributed by atoms with Gasteiger partial charge in [-0.05, 0) is 26.3 Å². The zero-order valence-corrected chi connectivity index (χ0v) is 10.6. The Kier molecular flexibility index (Phi) is 4.87. The number of aryl methyl sites for hydroxylation is 2. The molecular formula is C12H19N3O2. The minimum Gasteiger partial charge on any atom is -0.364 e. The zero-order valence-electron chi connectivity index (χ0n) is 10.6. The van der Waals surface area contributed by atoms with Gasteiger partial charge in [-0.1, -0.05) is 19.8 Å². The number of aromatic nitrogens is 1. The average Bonchev–Trinajstić information content (AvgIpc) is 2.22. The highest BCUT2D eigenvalue weighted by molar-refractivity contribution is 5.60. The minimum absolute atomic E-state index is 0.0899. The van der Waals surface area contributed by atoms with Crippen LogP contribution in [0.25, 0.3) is 0 Å². The fourth-order valence-corrected chi connectivity index (χ4v) is 1.77. The summed E-state index contributed by atoms with van der Waals surface area (Å²) in [6, 6.07) is 1.73. The lowest BCUT2D eigenvalue weighted by Crippen LogP contribution is -2.08. The molecule has 0 unspecified atom stereocenters. The van der Waals surface area contributed by atoms with Crippen LogP contribution in [0, 0.1) is 24.0 Å². The van der Waals surface area contributed by atoms with Crippen molar-refractivity contribution in [3.63, 3.8) is 0 Å². The van der Waals surface area contributed by atoms with Gasteiger partial charge in [-0.2, -0.15) is 0 Å². The molecule has 5 nitrogen and oxygen atoms in total. The summed E-state index contributed by atoms with van der Waals surface area (Å²) in [5.41, 5.74) is 1.54. The molecule has 17 heavy (non-hydrogen) atoms. The number of hydrogen-bond acceptors (Lipinski definition) is 4. The quantitative estimate of drug-likeness (QED) is 0.468. The van der Waals surface area contributed by atoms with E-state index in [0.717, 1.165) is 31.5 Å². The van der Waals surface area contributed by atoms with Crippen LogP contribution >= 0.6 is 0 Å². The van der Waals surface area contributed by atoms with E-state index in [0.29, 0.717) is 11.4 Å². The van der Waals surface area contributed by atoms with Crippen molar-refractivity contribution in [1.29, 1.82) is 0 Å². The maximum absolute atomic E-state index is 11.0. The van der Waals surface area contributed by atoms with Gasteiger partial charge in [-0.25, -0.2) is 4.98 Å². The Balaban J connectivity index is 2.85. The van der Waals surface area contributed by atoms with E-state index in [-0.39, 0.29) is 10.6 Å². The van der Waals surface area contributed by atoms with E-state index in [1.165, 1.54) is 0 Å². The zero-order chi connectivity index (χ0) is 12.8. The van der Waals surface area contributed by atoms with Crippen molar-refractivity contribution in [3.8, 4) is 0 Å². The fourth-order valence-electron chi connectivity index (χ4n) is 1.77. The van der Waals surface area contributed by atoms with Gasteiger partial charge in [0.05, 0.1) is 4.92 Å². The molecule has 0 radical (unpaired) electrons. The standard InChI is InChI=1S/C12H19N3O2/c1-4-5-6-7-13-12-11(15(16)17)9(2)8-10(3)14-12/h8H,4-7H2,1-3H3,(H,13,14). The minimum atomic E-state index is -0.371. The van der Waals surface area contributed by atoms with Crippen LogP contribution in [-0.4, -0.2) is 16.5 Å². The predicted octanol–water partition coefficient (Wildman–Crippen LogP) is 3.21. The summed E-state index contributed by atoms with van der Waals surface area (Å²) in [5.74, 6) is 0.392. The van der Waals surface area contributed by atoms with E-state index < -0.39 is 0 Å². The monoisotopic (exact) mass is 237 g/mol. The van der Waals surface area contributed by atoms with Crippen molar-refractivity contribution >= 4 is 11.5 Å². The first-order valence-electron chi connectivity index (χ1n) is 5.92. The first kappa shape index (κ1) is 13.4. The third-order valence-electron chi connectivity index (χ3n) is 2.57. The van der Waals surface area contributed by atoms with E-state index in [2.05, 4.69) is 17.2 Å². The summed E-state index contributed by atoms with van der Waals surface area (Å²) in [6.45, 7) is 6.43. The van der Waals surface area contributed by atoms with Crippen molar-refractivity contribution in [2.45, 2.75) is 40.0 Å². The molecule has 0 amide bonds. The van der Waals surface area contributed by atoms with Crippen LogP contribution in [0.2, 0.25) is 0 Å². The van der Waals surface area contributed by atoms with Gasteiger partial charge in [-0.15, -0.1) is 0 Å². The van der Waals surface area contributed by atoms with Crippen LogP contribution < -0.4 is 5.32 Å². The van der Waals surface area contributed by atoms with Gasteiger partial charge in [0.1, 0.15) is 0 Å². The van der Waals surface area contributed by atoms with Crippen molar-refractivity contribution in [2.75, 3.05) is 11.9 Å². The second kappa shape index (κ2) is 6.18. The van der Waals surface area contributed by atoms with E-state index in [1.54, 1.807) is 13.0 Å². The SMILES string of the molecule is CCCCCNc1nc(C)cc(C)c1[N+](=O)[O-]. The summed E-state index contributed by atoms with van der Waals surface area (Å²) in [5, 5.41) is 14.0. The summed E-state index contributed by atoms with van der Waals surface area (Å²) < 4.78 is 0. The molecule has 1 aromatic heterocycles. The van der Waals surface area contributed by atoms with E-state index in [1.807, 2.05) is 6.92 Å². The molecule has 0 aliphatic rings. The number of pyridine rings is 1. The van der Waals surface area contributed by atoms with E-state index in [4.69, 9.17) is 0 Å². The van der Waals surface area contributed by atoms with Crippen molar-refractivity contribution in [2.24, 2.45) is 0 Å². The van der Waals surface area contributed by atoms with Crippen LogP contribution in [0.4, 0.5) is 11.5 Å². The summed E-state index contributed by atoms with van der Waals surface area (Å²) in [6.07, 6.45) is 3.25. The fraction of sp³-hybridized carbons (Fsp3) is 0.583. The lowest BCUT2D eigenvalue weighted by molar-refractivity contribution is -0.384. The molecule has 0 bridgehead atoms. The van der Waals surface area contributed by atoms with Gasteiger partial charge < -0.3 is 5.32 Å². The Morgan fingerprint density at radius 3 is 2.71 bits per heavy atom. The smallest absolute Gasteiger partial charge is 0.314 e. The first-order valence-corrected chi connectivity index (χ1v) is 5.92. The number of nitrogens with one attached hydrogen (secondary N) is 1. The summed E-state index contributed by atoms with van der Waals surface area (Å²) >= 11 is 0. The van der Waals surface area contributed by atoms with Crippen LogP contribution in [0.1, 0.15) is 37.4 Å². The number of nitrogens with zero attached hydrogens (tertiary/aromatic N) is 2. The lowest BCUT2D eigenvalue weighted by Gasteiger charge is -2.08. The Bertz CT molecular complexity index is 405. The van der Waals surface area contributed by atoms with Crippen LogP contribution in [0.15, 0.2) is 6.07 Å². The maximum Gasteiger partial charge on any atom is 0.314 e. The second-order valence-electron chi connectivity index (χ2n) is 4.17. The highest BCUT2D eigenvalue weighted by atomic mass is 16.6. The van der Waals surface area contributed by atoms with E-state index in [9.17, 15) is 10.1 Å². The number of nitro groups is 1. The lowest BCUT2D eigenvalue weighted by atomic mass is 10.2. The number of rotatable bonds is 6. The van der Waals surface area contributed by atoms with Gasteiger partial charge in [-0.3, -0.25) is 10.1 Å². The topological polar surface area (TPSA) is 68.1 Å². The Morgan fingerprint density at radius 2 is 2.12 bits per heavy atom. The molecule has 0 saturated carbocycles. The van der Waals surface area contributed by atoms with E-state index >= 15 is 0 Å². The van der Waals surface area contributed by atoms with Gasteiger partial charge in [0, 0.05) is 17.8 Å².